The van der Waals surface area contributed by atoms with Crippen molar-refractivity contribution in [3.05, 3.63) is 176 Å². The van der Waals surface area contributed by atoms with Gasteiger partial charge in [0.25, 0.3) is 0 Å². The summed E-state index contributed by atoms with van der Waals surface area (Å²) >= 11 is 0. The van der Waals surface area contributed by atoms with Gasteiger partial charge in [-0.1, -0.05) is 103 Å². The summed E-state index contributed by atoms with van der Waals surface area (Å²) in [4.78, 5) is 20.5. The first-order valence-electron chi connectivity index (χ1n) is 17.7. The van der Waals surface area contributed by atoms with E-state index >= 15 is 0 Å². The number of rotatable bonds is 5. The molecule has 11 rings (SSSR count). The van der Waals surface area contributed by atoms with Crippen LogP contribution in [0.3, 0.4) is 0 Å². The van der Waals surface area contributed by atoms with Crippen LogP contribution in [-0.2, 0) is 0 Å². The monoisotopic (exact) mass is 679 g/mol. The molecule has 5 heterocycles. The number of benzene rings is 6. The van der Waals surface area contributed by atoms with Gasteiger partial charge >= 0.3 is 0 Å². The molecule has 7 heteroatoms. The van der Waals surface area contributed by atoms with Crippen molar-refractivity contribution in [1.29, 1.82) is 0 Å². The van der Waals surface area contributed by atoms with Crippen molar-refractivity contribution in [2.45, 2.75) is 0 Å². The van der Waals surface area contributed by atoms with Crippen LogP contribution in [0.4, 0.5) is 0 Å². The Bertz CT molecular complexity index is 3100. The molecular weight excluding hydrogens is 651 g/mol. The van der Waals surface area contributed by atoms with E-state index in [2.05, 4.69) is 141 Å². The first-order chi connectivity index (χ1) is 26.3. The van der Waals surface area contributed by atoms with E-state index in [0.29, 0.717) is 17.6 Å². The maximum Gasteiger partial charge on any atom is 0.241 e. The van der Waals surface area contributed by atoms with E-state index in [1.54, 1.807) is 0 Å². The third-order valence-electron chi connectivity index (χ3n) is 10.2. The van der Waals surface area contributed by atoms with Crippen LogP contribution in [0.2, 0.25) is 0 Å². The Morgan fingerprint density at radius 2 is 0.868 bits per heavy atom. The van der Waals surface area contributed by atoms with E-state index < -0.39 is 0 Å². The van der Waals surface area contributed by atoms with E-state index in [9.17, 15) is 0 Å². The van der Waals surface area contributed by atoms with Gasteiger partial charge in [-0.05, 0) is 66.7 Å². The molecule has 0 saturated heterocycles. The fourth-order valence-corrected chi connectivity index (χ4v) is 7.87. The second-order valence-electron chi connectivity index (χ2n) is 13.2. The molecule has 0 unspecified atom stereocenters. The third-order valence-corrected chi connectivity index (χ3v) is 10.2. The Morgan fingerprint density at radius 1 is 0.358 bits per heavy atom. The Labute approximate surface area is 303 Å². The van der Waals surface area contributed by atoms with Gasteiger partial charge in [-0.3, -0.25) is 4.57 Å². The zero-order valence-corrected chi connectivity index (χ0v) is 28.4. The van der Waals surface area contributed by atoms with Gasteiger partial charge in [0.1, 0.15) is 11.3 Å². The van der Waals surface area contributed by atoms with Crippen molar-refractivity contribution < 1.29 is 0 Å². The fourth-order valence-electron chi connectivity index (χ4n) is 7.87. The number of hydrogen-bond donors (Lipinski definition) is 0. The van der Waals surface area contributed by atoms with Crippen LogP contribution in [0.5, 0.6) is 0 Å². The van der Waals surface area contributed by atoms with Gasteiger partial charge in [-0.25, -0.2) is 14.5 Å². The summed E-state index contributed by atoms with van der Waals surface area (Å²) in [6.07, 6.45) is 1.83. The Kier molecular flexibility index (Phi) is 6.42. The molecule has 53 heavy (non-hydrogen) atoms. The fraction of sp³-hybridized carbons (Fsp3) is 0. The standard InChI is InChI=1S/C46H29N7/c1-3-14-30(15-4-1)42-48-43(31-25-27-33(28-26-31)51-38-22-10-7-18-34(38)35-19-8-11-23-39(35)51)50-46(49-42)53-44-37(21-13-29-47-44)41-36-20-9-12-24-40(36)52(45(41)53)32-16-5-2-6-17-32/h1-29H. The van der Waals surface area contributed by atoms with Crippen molar-refractivity contribution in [3.63, 3.8) is 0 Å². The number of hydrogen-bond acceptors (Lipinski definition) is 4. The van der Waals surface area contributed by atoms with Gasteiger partial charge in [0.15, 0.2) is 11.6 Å². The predicted molar refractivity (Wildman–Crippen MR) is 214 cm³/mol. The summed E-state index contributed by atoms with van der Waals surface area (Å²) in [5.74, 6) is 1.67. The average molecular weight is 680 g/mol. The van der Waals surface area contributed by atoms with Crippen LogP contribution >= 0.6 is 0 Å². The first kappa shape index (κ1) is 29.4. The lowest BCUT2D eigenvalue weighted by atomic mass is 10.1. The molecule has 0 atom stereocenters. The highest BCUT2D eigenvalue weighted by molar-refractivity contribution is 6.21. The highest BCUT2D eigenvalue weighted by atomic mass is 15.3. The molecule has 0 N–H and O–H groups in total. The Balaban J connectivity index is 1.17. The zero-order valence-electron chi connectivity index (χ0n) is 28.4. The quantitative estimate of drug-likeness (QED) is 0.182. The molecule has 11 aromatic rings. The summed E-state index contributed by atoms with van der Waals surface area (Å²) in [5, 5.41) is 5.74. The molecule has 5 aromatic heterocycles. The van der Waals surface area contributed by atoms with Gasteiger partial charge in [-0.15, -0.1) is 0 Å². The molecule has 0 amide bonds. The topological polar surface area (TPSA) is 66.3 Å². The van der Waals surface area contributed by atoms with Crippen molar-refractivity contribution in [2.24, 2.45) is 0 Å². The molecule has 6 aromatic carbocycles. The average Bonchev–Trinajstić information content (AvgIpc) is 3.87. The van der Waals surface area contributed by atoms with Crippen molar-refractivity contribution in [2.75, 3.05) is 0 Å². The molecular formula is C46H29N7. The number of para-hydroxylation sites is 4. The van der Waals surface area contributed by atoms with E-state index in [1.165, 1.54) is 21.8 Å². The Hall–Kier alpha value is -7.38. The van der Waals surface area contributed by atoms with Crippen LogP contribution in [0.1, 0.15) is 0 Å². The molecule has 7 nitrogen and oxygen atoms in total. The van der Waals surface area contributed by atoms with Gasteiger partial charge < -0.3 is 4.57 Å². The van der Waals surface area contributed by atoms with E-state index in [4.69, 9.17) is 19.9 Å². The SMILES string of the molecule is c1ccc(-c2nc(-c3ccc(-n4c5ccccc5c5ccccc54)cc3)nc(-n3c4ncccc4c4c5ccccc5n(-c5ccccc5)c43)n2)cc1. The molecule has 248 valence electrons. The number of aromatic nitrogens is 7. The van der Waals surface area contributed by atoms with Crippen LogP contribution < -0.4 is 0 Å². The largest absolute Gasteiger partial charge is 0.309 e. The normalized spacial score (nSPS) is 11.8. The number of fused-ring (bicyclic) bond motifs is 8. The van der Waals surface area contributed by atoms with Crippen LogP contribution in [-0.4, -0.2) is 33.6 Å². The molecule has 0 aliphatic rings. The minimum Gasteiger partial charge on any atom is -0.309 e. The lowest BCUT2D eigenvalue weighted by molar-refractivity contribution is 0.924. The molecule has 0 aliphatic heterocycles. The van der Waals surface area contributed by atoms with Crippen molar-refractivity contribution in [1.82, 2.24) is 33.6 Å². The van der Waals surface area contributed by atoms with Gasteiger partial charge in [0, 0.05) is 55.6 Å². The zero-order chi connectivity index (χ0) is 34.9. The number of pyridine rings is 1. The summed E-state index contributed by atoms with van der Waals surface area (Å²) in [6.45, 7) is 0. The second-order valence-corrected chi connectivity index (χ2v) is 13.2. The lowest BCUT2D eigenvalue weighted by Crippen LogP contribution is -2.09. The molecule has 0 fully saturated rings. The molecule has 0 bridgehead atoms. The first-order valence-corrected chi connectivity index (χ1v) is 17.7. The van der Waals surface area contributed by atoms with Gasteiger partial charge in [0.05, 0.1) is 16.6 Å². The Morgan fingerprint density at radius 3 is 1.53 bits per heavy atom. The molecule has 0 aliphatic carbocycles. The van der Waals surface area contributed by atoms with Crippen LogP contribution in [0.25, 0.3) is 94.9 Å². The smallest absolute Gasteiger partial charge is 0.241 e. The molecule has 0 saturated carbocycles. The molecule has 0 radical (unpaired) electrons. The van der Waals surface area contributed by atoms with Crippen LogP contribution in [0, 0.1) is 0 Å². The third kappa shape index (κ3) is 4.47. The van der Waals surface area contributed by atoms with Gasteiger partial charge in [0.2, 0.25) is 5.95 Å². The maximum absolute atomic E-state index is 5.25. The van der Waals surface area contributed by atoms with Crippen molar-refractivity contribution >= 4 is 54.8 Å². The minimum absolute atomic E-state index is 0.499. The minimum atomic E-state index is 0.499. The highest BCUT2D eigenvalue weighted by Gasteiger charge is 2.25. The maximum atomic E-state index is 5.25. The summed E-state index contributed by atoms with van der Waals surface area (Å²) in [6, 6.07) is 58.8. The molecule has 0 spiro atoms. The van der Waals surface area contributed by atoms with E-state index in [-0.39, 0.29) is 0 Å². The highest BCUT2D eigenvalue weighted by Crippen LogP contribution is 2.40. The van der Waals surface area contributed by atoms with Crippen molar-refractivity contribution in [3.8, 4) is 40.1 Å². The predicted octanol–water partition coefficient (Wildman–Crippen LogP) is 10.7. The summed E-state index contributed by atoms with van der Waals surface area (Å²) in [7, 11) is 0. The number of nitrogens with zero attached hydrogens (tertiary/aromatic N) is 7. The summed E-state index contributed by atoms with van der Waals surface area (Å²) in [5.41, 5.74) is 9.07. The van der Waals surface area contributed by atoms with Gasteiger partial charge in [-0.2, -0.15) is 9.97 Å². The van der Waals surface area contributed by atoms with E-state index in [1.807, 2.05) is 48.7 Å². The van der Waals surface area contributed by atoms with E-state index in [0.717, 1.165) is 55.5 Å². The summed E-state index contributed by atoms with van der Waals surface area (Å²) < 4.78 is 6.71. The lowest BCUT2D eigenvalue weighted by Gasteiger charge is -2.13. The van der Waals surface area contributed by atoms with Crippen LogP contribution in [0.15, 0.2) is 176 Å². The second kappa shape index (κ2) is 11.6.